The minimum absolute atomic E-state index is 0.185. The van der Waals surface area contributed by atoms with Crippen LogP contribution in [0.5, 0.6) is 0 Å². The van der Waals surface area contributed by atoms with Gasteiger partial charge in [0.15, 0.2) is 0 Å². The van der Waals surface area contributed by atoms with Crippen LogP contribution in [0, 0.1) is 11.3 Å². The SMILES string of the molecule is N#Cc1c(-c2ccco2)cc(-c2cccnc2)nc1SCC(=O)O. The van der Waals surface area contributed by atoms with Crippen molar-refractivity contribution in [1.29, 1.82) is 5.26 Å². The highest BCUT2D eigenvalue weighted by Gasteiger charge is 2.18. The third kappa shape index (κ3) is 3.29. The highest BCUT2D eigenvalue weighted by Crippen LogP contribution is 2.34. The average molecular weight is 337 g/mol. The minimum atomic E-state index is -0.975. The first kappa shape index (κ1) is 15.8. The summed E-state index contributed by atoms with van der Waals surface area (Å²) in [5.41, 5.74) is 2.24. The molecule has 1 N–H and O–H groups in total. The number of aliphatic carboxylic acids is 1. The number of furan rings is 1. The summed E-state index contributed by atoms with van der Waals surface area (Å²) in [6.07, 6.45) is 4.83. The first-order chi connectivity index (χ1) is 11.7. The maximum Gasteiger partial charge on any atom is 0.313 e. The number of pyridine rings is 2. The molecule has 0 fully saturated rings. The zero-order chi connectivity index (χ0) is 16.9. The van der Waals surface area contributed by atoms with Crippen molar-refractivity contribution in [3.8, 4) is 28.7 Å². The molecule has 0 bridgehead atoms. The van der Waals surface area contributed by atoms with E-state index in [0.717, 1.165) is 17.3 Å². The molecule has 3 heterocycles. The van der Waals surface area contributed by atoms with Crippen LogP contribution in [0.1, 0.15) is 5.56 Å². The lowest BCUT2D eigenvalue weighted by atomic mass is 10.0. The topological polar surface area (TPSA) is 100 Å². The summed E-state index contributed by atoms with van der Waals surface area (Å²) in [7, 11) is 0. The van der Waals surface area contributed by atoms with Gasteiger partial charge in [-0.25, -0.2) is 4.98 Å². The fraction of sp³-hybridized carbons (Fsp3) is 0.0588. The van der Waals surface area contributed by atoms with Gasteiger partial charge in [-0.1, -0.05) is 11.8 Å². The zero-order valence-electron chi connectivity index (χ0n) is 12.3. The average Bonchev–Trinajstić information content (AvgIpc) is 3.14. The second-order valence-electron chi connectivity index (χ2n) is 4.75. The van der Waals surface area contributed by atoms with Gasteiger partial charge in [-0.05, 0) is 30.3 Å². The Morgan fingerprint density at radius 2 is 2.25 bits per heavy atom. The molecule has 0 saturated carbocycles. The van der Waals surface area contributed by atoms with E-state index in [1.54, 1.807) is 36.7 Å². The molecule has 0 aliphatic rings. The number of aromatic nitrogens is 2. The number of carboxylic acids is 1. The first-order valence-electron chi connectivity index (χ1n) is 6.93. The van der Waals surface area contributed by atoms with Gasteiger partial charge in [0.1, 0.15) is 16.9 Å². The summed E-state index contributed by atoms with van der Waals surface area (Å²) in [5, 5.41) is 18.8. The maximum atomic E-state index is 10.9. The number of nitriles is 1. The van der Waals surface area contributed by atoms with Crippen LogP contribution in [0.4, 0.5) is 0 Å². The Morgan fingerprint density at radius 3 is 2.88 bits per heavy atom. The largest absolute Gasteiger partial charge is 0.481 e. The highest BCUT2D eigenvalue weighted by molar-refractivity contribution is 7.99. The number of rotatable bonds is 5. The molecule has 118 valence electrons. The second kappa shape index (κ2) is 6.98. The molecule has 0 saturated heterocycles. The Morgan fingerprint density at radius 1 is 1.38 bits per heavy atom. The normalized spacial score (nSPS) is 10.3. The quantitative estimate of drug-likeness (QED) is 0.712. The molecule has 0 aliphatic heterocycles. The molecular weight excluding hydrogens is 326 g/mol. The van der Waals surface area contributed by atoms with Gasteiger partial charge in [0.05, 0.1) is 23.3 Å². The lowest BCUT2D eigenvalue weighted by Gasteiger charge is -2.10. The number of thioether (sulfide) groups is 1. The van der Waals surface area contributed by atoms with Crippen LogP contribution < -0.4 is 0 Å². The van der Waals surface area contributed by atoms with Crippen molar-refractivity contribution < 1.29 is 14.3 Å². The molecule has 0 unspecified atom stereocenters. The predicted octanol–water partition coefficient (Wildman–Crippen LogP) is 3.45. The van der Waals surface area contributed by atoms with Gasteiger partial charge in [0, 0.05) is 23.5 Å². The number of carboxylic acid groups (broad SMARTS) is 1. The van der Waals surface area contributed by atoms with Crippen LogP contribution in [-0.4, -0.2) is 26.8 Å². The number of nitrogens with zero attached hydrogens (tertiary/aromatic N) is 3. The molecule has 0 atom stereocenters. The van der Waals surface area contributed by atoms with Gasteiger partial charge in [-0.2, -0.15) is 5.26 Å². The summed E-state index contributed by atoms with van der Waals surface area (Å²) in [4.78, 5) is 19.4. The third-order valence-electron chi connectivity index (χ3n) is 3.17. The standard InChI is InChI=1S/C17H11N3O3S/c18-8-13-12(15-4-2-6-23-15)7-14(11-3-1-5-19-9-11)20-17(13)24-10-16(21)22/h1-7,9H,10H2,(H,21,22). The molecule has 3 rings (SSSR count). The molecule has 7 heteroatoms. The Kier molecular flexibility index (Phi) is 4.59. The Labute approximate surface area is 141 Å². The van der Waals surface area contributed by atoms with E-state index in [0.29, 0.717) is 27.6 Å². The van der Waals surface area contributed by atoms with Crippen LogP contribution in [-0.2, 0) is 4.79 Å². The van der Waals surface area contributed by atoms with E-state index in [2.05, 4.69) is 16.0 Å². The van der Waals surface area contributed by atoms with Crippen molar-refractivity contribution >= 4 is 17.7 Å². The first-order valence-corrected chi connectivity index (χ1v) is 7.91. The van der Waals surface area contributed by atoms with Gasteiger partial charge >= 0.3 is 5.97 Å². The summed E-state index contributed by atoms with van der Waals surface area (Å²) >= 11 is 1.00. The van der Waals surface area contributed by atoms with Crippen LogP contribution >= 0.6 is 11.8 Å². The maximum absolute atomic E-state index is 10.9. The lowest BCUT2D eigenvalue weighted by Crippen LogP contribution is -2.01. The van der Waals surface area contributed by atoms with Crippen LogP contribution in [0.3, 0.4) is 0 Å². The van der Waals surface area contributed by atoms with E-state index in [1.807, 2.05) is 6.07 Å². The van der Waals surface area contributed by atoms with E-state index in [-0.39, 0.29) is 5.75 Å². The third-order valence-corrected chi connectivity index (χ3v) is 4.13. The van der Waals surface area contributed by atoms with Gasteiger partial charge in [0.25, 0.3) is 0 Å². The summed E-state index contributed by atoms with van der Waals surface area (Å²) in [6, 6.07) is 11.0. The van der Waals surface area contributed by atoms with E-state index >= 15 is 0 Å². The molecule has 0 aliphatic carbocycles. The number of carbonyl (C=O) groups is 1. The van der Waals surface area contributed by atoms with Crippen molar-refractivity contribution in [3.63, 3.8) is 0 Å². The predicted molar refractivity (Wildman–Crippen MR) is 88.2 cm³/mol. The molecule has 0 amide bonds. The van der Waals surface area contributed by atoms with Gasteiger partial charge in [-0.15, -0.1) is 0 Å². The monoisotopic (exact) mass is 337 g/mol. The van der Waals surface area contributed by atoms with Crippen molar-refractivity contribution in [3.05, 3.63) is 54.6 Å². The molecule has 24 heavy (non-hydrogen) atoms. The lowest BCUT2D eigenvalue weighted by molar-refractivity contribution is -0.133. The molecule has 6 nitrogen and oxygen atoms in total. The number of hydrogen-bond acceptors (Lipinski definition) is 6. The Balaban J connectivity index is 2.18. The summed E-state index contributed by atoms with van der Waals surface area (Å²) in [5.74, 6) is -0.635. The van der Waals surface area contributed by atoms with Gasteiger partial charge < -0.3 is 9.52 Å². The minimum Gasteiger partial charge on any atom is -0.481 e. The van der Waals surface area contributed by atoms with E-state index in [4.69, 9.17) is 9.52 Å². The smallest absolute Gasteiger partial charge is 0.313 e. The van der Waals surface area contributed by atoms with Crippen molar-refractivity contribution in [2.45, 2.75) is 5.03 Å². The molecule has 3 aromatic rings. The fourth-order valence-electron chi connectivity index (χ4n) is 2.15. The van der Waals surface area contributed by atoms with Crippen molar-refractivity contribution in [2.75, 3.05) is 5.75 Å². The van der Waals surface area contributed by atoms with E-state index in [9.17, 15) is 10.1 Å². The Bertz CT molecular complexity index is 903. The van der Waals surface area contributed by atoms with E-state index < -0.39 is 5.97 Å². The van der Waals surface area contributed by atoms with Crippen molar-refractivity contribution in [2.24, 2.45) is 0 Å². The van der Waals surface area contributed by atoms with Crippen molar-refractivity contribution in [1.82, 2.24) is 9.97 Å². The van der Waals surface area contributed by atoms with Crippen LogP contribution in [0.25, 0.3) is 22.6 Å². The zero-order valence-corrected chi connectivity index (χ0v) is 13.2. The molecule has 0 aromatic carbocycles. The number of hydrogen-bond donors (Lipinski definition) is 1. The summed E-state index contributed by atoms with van der Waals surface area (Å²) in [6.45, 7) is 0. The Hall–Kier alpha value is -3.11. The van der Waals surface area contributed by atoms with Gasteiger partial charge in [0.2, 0.25) is 0 Å². The molecular formula is C17H11N3O3S. The fourth-order valence-corrected chi connectivity index (χ4v) is 2.88. The van der Waals surface area contributed by atoms with Crippen LogP contribution in [0.2, 0.25) is 0 Å². The van der Waals surface area contributed by atoms with Gasteiger partial charge in [-0.3, -0.25) is 9.78 Å². The van der Waals surface area contributed by atoms with Crippen LogP contribution in [0.15, 0.2) is 58.4 Å². The second-order valence-corrected chi connectivity index (χ2v) is 5.71. The van der Waals surface area contributed by atoms with E-state index in [1.165, 1.54) is 6.26 Å². The molecule has 3 aromatic heterocycles. The molecule has 0 radical (unpaired) electrons. The highest BCUT2D eigenvalue weighted by atomic mass is 32.2. The summed E-state index contributed by atoms with van der Waals surface area (Å²) < 4.78 is 5.41. The molecule has 0 spiro atoms.